The molecule has 0 aromatic heterocycles. The fourth-order valence-corrected chi connectivity index (χ4v) is 4.08. The summed E-state index contributed by atoms with van der Waals surface area (Å²) in [4.78, 5) is 37.3. The summed E-state index contributed by atoms with van der Waals surface area (Å²) in [6.45, 7) is 7.41. The van der Waals surface area contributed by atoms with Gasteiger partial charge in [0.25, 0.3) is 5.91 Å². The van der Waals surface area contributed by atoms with Gasteiger partial charge >= 0.3 is 0 Å². The monoisotopic (exact) mass is 439 g/mol. The van der Waals surface area contributed by atoms with Crippen molar-refractivity contribution in [2.24, 2.45) is 11.8 Å². The van der Waals surface area contributed by atoms with Crippen molar-refractivity contribution >= 4 is 29.5 Å². The minimum Gasteiger partial charge on any atom is -0.382 e. The number of carbonyl (C=O) groups excluding carboxylic acids is 3. The normalized spacial score (nSPS) is 14.5. The maximum Gasteiger partial charge on any atom is 0.272 e. The minimum absolute atomic E-state index is 0.000750. The SMILES string of the molecule is CNC(=O)C(NC(=O)C(CC(C)C)C(O)C(=O)NO)C(C)(C)SCc1ccccc1. The van der Waals surface area contributed by atoms with Crippen molar-refractivity contribution in [3.05, 3.63) is 35.9 Å². The molecule has 5 N–H and O–H groups in total. The third-order valence-electron chi connectivity index (χ3n) is 4.77. The molecule has 0 saturated carbocycles. The average molecular weight is 440 g/mol. The van der Waals surface area contributed by atoms with Crippen LogP contribution in [0.5, 0.6) is 0 Å². The molecule has 8 nitrogen and oxygen atoms in total. The Morgan fingerprint density at radius 2 is 1.67 bits per heavy atom. The van der Waals surface area contributed by atoms with Gasteiger partial charge in [-0.05, 0) is 31.7 Å². The Kier molecular flexibility index (Phi) is 10.3. The highest BCUT2D eigenvalue weighted by atomic mass is 32.2. The summed E-state index contributed by atoms with van der Waals surface area (Å²) < 4.78 is -0.682. The van der Waals surface area contributed by atoms with E-state index in [1.165, 1.54) is 24.3 Å². The van der Waals surface area contributed by atoms with Crippen LogP contribution in [-0.4, -0.2) is 52.0 Å². The first-order chi connectivity index (χ1) is 14.0. The molecule has 3 atom stereocenters. The molecule has 3 unspecified atom stereocenters. The molecular formula is C21H33N3O5S. The number of nitrogens with one attached hydrogen (secondary N) is 3. The highest BCUT2D eigenvalue weighted by molar-refractivity contribution is 7.99. The van der Waals surface area contributed by atoms with Gasteiger partial charge in [-0.3, -0.25) is 19.6 Å². The Balaban J connectivity index is 3.03. The predicted octanol–water partition coefficient (Wildman–Crippen LogP) is 1.46. The van der Waals surface area contributed by atoms with Gasteiger partial charge in [0.1, 0.15) is 12.1 Å². The molecule has 3 amide bonds. The molecule has 168 valence electrons. The molecule has 0 heterocycles. The van der Waals surface area contributed by atoms with Crippen molar-refractivity contribution in [3.63, 3.8) is 0 Å². The summed E-state index contributed by atoms with van der Waals surface area (Å²) in [5, 5.41) is 24.3. The number of hydrogen-bond acceptors (Lipinski definition) is 6. The van der Waals surface area contributed by atoms with E-state index in [0.717, 1.165) is 5.56 Å². The Hall–Kier alpha value is -2.10. The van der Waals surface area contributed by atoms with Crippen LogP contribution in [0.15, 0.2) is 30.3 Å². The van der Waals surface area contributed by atoms with Crippen LogP contribution in [0.3, 0.4) is 0 Å². The van der Waals surface area contributed by atoms with Gasteiger partial charge in [0.2, 0.25) is 11.8 Å². The van der Waals surface area contributed by atoms with Gasteiger partial charge in [0.05, 0.1) is 5.92 Å². The lowest BCUT2D eigenvalue weighted by molar-refractivity contribution is -0.147. The summed E-state index contributed by atoms with van der Waals surface area (Å²) in [6.07, 6.45) is -1.53. The number of rotatable bonds is 11. The van der Waals surface area contributed by atoms with E-state index in [0.29, 0.717) is 5.75 Å². The van der Waals surface area contributed by atoms with Crippen LogP contribution < -0.4 is 16.1 Å². The fourth-order valence-electron chi connectivity index (χ4n) is 3.01. The number of hydrogen-bond donors (Lipinski definition) is 5. The van der Waals surface area contributed by atoms with Crippen molar-refractivity contribution in [2.75, 3.05) is 7.05 Å². The maximum absolute atomic E-state index is 13.0. The van der Waals surface area contributed by atoms with E-state index in [2.05, 4.69) is 10.6 Å². The standard InChI is InChI=1S/C21H33N3O5S/c1-13(2)11-15(16(25)19(27)24-29)18(26)23-17(20(28)22-5)21(3,4)30-12-14-9-7-6-8-10-14/h6-10,13,15-17,25,29H,11-12H2,1-5H3,(H,22,28)(H,23,26)(H,24,27). The predicted molar refractivity (Wildman–Crippen MR) is 117 cm³/mol. The molecule has 0 fully saturated rings. The topological polar surface area (TPSA) is 128 Å². The zero-order valence-electron chi connectivity index (χ0n) is 18.1. The molecule has 1 rings (SSSR count). The summed E-state index contributed by atoms with van der Waals surface area (Å²) in [5.74, 6) is -2.53. The number of benzene rings is 1. The second-order valence-electron chi connectivity index (χ2n) is 8.09. The van der Waals surface area contributed by atoms with Crippen molar-refractivity contribution in [2.45, 2.75) is 56.8 Å². The molecule has 9 heteroatoms. The van der Waals surface area contributed by atoms with Crippen LogP contribution in [0.1, 0.15) is 39.7 Å². The second-order valence-corrected chi connectivity index (χ2v) is 9.72. The molecule has 0 saturated heterocycles. The fraction of sp³-hybridized carbons (Fsp3) is 0.571. The van der Waals surface area contributed by atoms with Crippen LogP contribution in [0.25, 0.3) is 0 Å². The van der Waals surface area contributed by atoms with Gasteiger partial charge in [-0.25, -0.2) is 5.48 Å². The maximum atomic E-state index is 13.0. The zero-order valence-corrected chi connectivity index (χ0v) is 19.0. The van der Waals surface area contributed by atoms with Crippen molar-refractivity contribution in [1.82, 2.24) is 16.1 Å². The van der Waals surface area contributed by atoms with E-state index in [1.54, 1.807) is 0 Å². The number of aliphatic hydroxyl groups excluding tert-OH is 1. The summed E-state index contributed by atoms with van der Waals surface area (Å²) in [5.41, 5.74) is 2.47. The third-order valence-corrected chi connectivity index (χ3v) is 6.22. The highest BCUT2D eigenvalue weighted by Gasteiger charge is 2.40. The van der Waals surface area contributed by atoms with E-state index < -0.39 is 34.6 Å². The lowest BCUT2D eigenvalue weighted by Crippen LogP contribution is -2.58. The summed E-state index contributed by atoms with van der Waals surface area (Å²) >= 11 is 1.51. The van der Waals surface area contributed by atoms with Gasteiger partial charge in [0.15, 0.2) is 0 Å². The average Bonchev–Trinajstić information content (AvgIpc) is 2.73. The van der Waals surface area contributed by atoms with Gasteiger partial charge in [-0.2, -0.15) is 0 Å². The quantitative estimate of drug-likeness (QED) is 0.262. The first-order valence-corrected chi connectivity index (χ1v) is 10.8. The van der Waals surface area contributed by atoms with Crippen molar-refractivity contribution < 1.29 is 24.7 Å². The van der Waals surface area contributed by atoms with Crippen molar-refractivity contribution in [3.8, 4) is 0 Å². The first-order valence-electron chi connectivity index (χ1n) is 9.85. The Morgan fingerprint density at radius 3 is 2.17 bits per heavy atom. The lowest BCUT2D eigenvalue weighted by Gasteiger charge is -2.34. The van der Waals surface area contributed by atoms with Gasteiger partial charge in [-0.15, -0.1) is 11.8 Å². The van der Waals surface area contributed by atoms with Crippen LogP contribution in [-0.2, 0) is 20.1 Å². The van der Waals surface area contributed by atoms with E-state index in [9.17, 15) is 19.5 Å². The molecular weight excluding hydrogens is 406 g/mol. The molecule has 0 spiro atoms. The van der Waals surface area contributed by atoms with Gasteiger partial charge in [-0.1, -0.05) is 44.2 Å². The third kappa shape index (κ3) is 7.62. The number of thioether (sulfide) groups is 1. The molecule has 0 aliphatic carbocycles. The van der Waals surface area contributed by atoms with E-state index >= 15 is 0 Å². The molecule has 0 aliphatic heterocycles. The number of amides is 3. The van der Waals surface area contributed by atoms with Gasteiger partial charge < -0.3 is 15.7 Å². The second kappa shape index (κ2) is 11.9. The van der Waals surface area contributed by atoms with Gasteiger partial charge in [0, 0.05) is 17.5 Å². The Morgan fingerprint density at radius 1 is 1.07 bits per heavy atom. The first kappa shape index (κ1) is 25.9. The number of carbonyl (C=O) groups is 3. The van der Waals surface area contributed by atoms with E-state index in [4.69, 9.17) is 5.21 Å². The Labute approximate surface area is 182 Å². The highest BCUT2D eigenvalue weighted by Crippen LogP contribution is 2.32. The van der Waals surface area contributed by atoms with Crippen LogP contribution in [0.4, 0.5) is 0 Å². The largest absolute Gasteiger partial charge is 0.382 e. The minimum atomic E-state index is -1.73. The number of aliphatic hydroxyl groups is 1. The molecule has 1 aromatic carbocycles. The molecule has 1 aromatic rings. The molecule has 0 aliphatic rings. The smallest absolute Gasteiger partial charge is 0.272 e. The molecule has 0 radical (unpaired) electrons. The molecule has 0 bridgehead atoms. The lowest BCUT2D eigenvalue weighted by atomic mass is 9.90. The zero-order chi connectivity index (χ0) is 22.9. The number of likely N-dealkylation sites (N-methyl/N-ethyl adjacent to an activating group) is 1. The summed E-state index contributed by atoms with van der Waals surface area (Å²) in [7, 11) is 1.49. The Bertz CT molecular complexity index is 712. The van der Waals surface area contributed by atoms with E-state index in [1.807, 2.05) is 58.0 Å². The van der Waals surface area contributed by atoms with Crippen LogP contribution in [0.2, 0.25) is 0 Å². The molecule has 30 heavy (non-hydrogen) atoms. The van der Waals surface area contributed by atoms with Crippen molar-refractivity contribution in [1.29, 1.82) is 0 Å². The van der Waals surface area contributed by atoms with Crippen LogP contribution >= 0.6 is 11.8 Å². The summed E-state index contributed by atoms with van der Waals surface area (Å²) in [6, 6.07) is 8.87. The number of hydroxylamine groups is 1. The van der Waals surface area contributed by atoms with E-state index in [-0.39, 0.29) is 18.2 Å². The van der Waals surface area contributed by atoms with Crippen LogP contribution in [0, 0.1) is 11.8 Å².